The Hall–Kier alpha value is -2.72. The van der Waals surface area contributed by atoms with Gasteiger partial charge in [0.2, 0.25) is 0 Å². The van der Waals surface area contributed by atoms with Crippen molar-refractivity contribution in [1.82, 2.24) is 15.3 Å². The van der Waals surface area contributed by atoms with Crippen LogP contribution in [0.4, 0.5) is 5.82 Å². The van der Waals surface area contributed by atoms with E-state index in [2.05, 4.69) is 20.6 Å². The zero-order chi connectivity index (χ0) is 22.7. The predicted octanol–water partition coefficient (Wildman–Crippen LogP) is 2.83. The van der Waals surface area contributed by atoms with Crippen molar-refractivity contribution < 1.29 is 17.9 Å². The molecular weight excluding hydrogens is 448 g/mol. The van der Waals surface area contributed by atoms with Crippen LogP contribution in [0, 0.1) is 12.8 Å². The van der Waals surface area contributed by atoms with Gasteiger partial charge in [0.05, 0.1) is 28.9 Å². The lowest BCUT2D eigenvalue weighted by Gasteiger charge is -2.11. The maximum absolute atomic E-state index is 12.9. The fraction of sp³-hybridized carbons (Fsp3) is 0.409. The van der Waals surface area contributed by atoms with E-state index in [0.717, 1.165) is 27.1 Å². The molecule has 0 aliphatic carbocycles. The third-order valence-electron chi connectivity index (χ3n) is 5.69. The summed E-state index contributed by atoms with van der Waals surface area (Å²) in [4.78, 5) is 22.9. The molecule has 1 amide bonds. The molecule has 0 radical (unpaired) electrons. The Kier molecular flexibility index (Phi) is 6.61. The second-order valence-corrected chi connectivity index (χ2v) is 11.2. The highest BCUT2D eigenvalue weighted by molar-refractivity contribution is 7.91. The first kappa shape index (κ1) is 22.5. The number of aromatic nitrogens is 2. The number of sulfone groups is 1. The predicted molar refractivity (Wildman–Crippen MR) is 126 cm³/mol. The second-order valence-electron chi connectivity index (χ2n) is 7.93. The van der Waals surface area contributed by atoms with E-state index in [9.17, 15) is 13.2 Å². The Balaban J connectivity index is 1.44. The molecule has 2 N–H and O–H groups in total. The minimum Gasteiger partial charge on any atom is -0.496 e. The fourth-order valence-corrected chi connectivity index (χ4v) is 6.92. The lowest BCUT2D eigenvalue weighted by Crippen LogP contribution is -2.25. The van der Waals surface area contributed by atoms with Crippen LogP contribution in [0.5, 0.6) is 5.75 Å². The molecule has 1 fully saturated rings. The first-order chi connectivity index (χ1) is 15.4. The smallest absolute Gasteiger partial charge is 0.261 e. The van der Waals surface area contributed by atoms with E-state index in [1.54, 1.807) is 7.11 Å². The van der Waals surface area contributed by atoms with Crippen molar-refractivity contribution in [3.05, 3.63) is 46.6 Å². The molecule has 4 rings (SSSR count). The highest BCUT2D eigenvalue weighted by Crippen LogP contribution is 2.33. The van der Waals surface area contributed by atoms with Gasteiger partial charge in [-0.1, -0.05) is 18.2 Å². The maximum Gasteiger partial charge on any atom is 0.261 e. The summed E-state index contributed by atoms with van der Waals surface area (Å²) in [6.45, 7) is 2.91. The van der Waals surface area contributed by atoms with Gasteiger partial charge in [-0.25, -0.2) is 18.4 Å². The first-order valence-electron chi connectivity index (χ1n) is 10.5. The molecule has 3 heterocycles. The number of ether oxygens (including phenoxy) is 1. The molecule has 0 bridgehead atoms. The molecule has 1 saturated heterocycles. The molecule has 0 saturated carbocycles. The van der Waals surface area contributed by atoms with E-state index < -0.39 is 9.84 Å². The van der Waals surface area contributed by atoms with Crippen molar-refractivity contribution in [2.24, 2.45) is 5.92 Å². The minimum absolute atomic E-state index is 0.0710. The number of aryl methyl sites for hydroxylation is 1. The van der Waals surface area contributed by atoms with Crippen LogP contribution in [0.25, 0.3) is 10.2 Å². The summed E-state index contributed by atoms with van der Waals surface area (Å²) in [6.07, 6.45) is 2.79. The molecule has 3 aromatic rings. The Morgan fingerprint density at radius 1 is 1.28 bits per heavy atom. The van der Waals surface area contributed by atoms with Crippen LogP contribution in [-0.2, 0) is 16.3 Å². The molecule has 1 atom stereocenters. The molecule has 10 heteroatoms. The van der Waals surface area contributed by atoms with Gasteiger partial charge in [-0.3, -0.25) is 4.79 Å². The zero-order valence-corrected chi connectivity index (χ0v) is 19.7. The minimum atomic E-state index is -2.92. The quantitative estimate of drug-likeness (QED) is 0.516. The van der Waals surface area contributed by atoms with Crippen LogP contribution >= 0.6 is 11.3 Å². The van der Waals surface area contributed by atoms with Gasteiger partial charge < -0.3 is 15.4 Å². The number of hydrogen-bond acceptors (Lipinski definition) is 8. The Morgan fingerprint density at radius 3 is 2.84 bits per heavy atom. The number of rotatable bonds is 8. The van der Waals surface area contributed by atoms with Gasteiger partial charge in [-0.05, 0) is 42.9 Å². The van der Waals surface area contributed by atoms with Crippen molar-refractivity contribution in [3.63, 3.8) is 0 Å². The van der Waals surface area contributed by atoms with Gasteiger partial charge in [-0.2, -0.15) is 0 Å². The van der Waals surface area contributed by atoms with E-state index >= 15 is 0 Å². The number of carbonyl (C=O) groups is 1. The molecule has 1 aliphatic heterocycles. The first-order valence-corrected chi connectivity index (χ1v) is 13.1. The zero-order valence-electron chi connectivity index (χ0n) is 18.1. The number of para-hydroxylation sites is 1. The molecule has 1 aromatic carbocycles. The van der Waals surface area contributed by atoms with Gasteiger partial charge in [0.15, 0.2) is 9.84 Å². The topological polar surface area (TPSA) is 110 Å². The van der Waals surface area contributed by atoms with Gasteiger partial charge in [0.25, 0.3) is 5.91 Å². The summed E-state index contributed by atoms with van der Waals surface area (Å²) < 4.78 is 28.8. The Morgan fingerprint density at radius 2 is 2.09 bits per heavy atom. The maximum atomic E-state index is 12.9. The van der Waals surface area contributed by atoms with Crippen molar-refractivity contribution in [2.75, 3.05) is 37.0 Å². The lowest BCUT2D eigenvalue weighted by atomic mass is 10.1. The number of methoxy groups -OCH3 is 1. The number of amides is 1. The van der Waals surface area contributed by atoms with Crippen LogP contribution < -0.4 is 15.4 Å². The van der Waals surface area contributed by atoms with Crippen LogP contribution in [0.1, 0.15) is 27.2 Å². The van der Waals surface area contributed by atoms with Crippen molar-refractivity contribution >= 4 is 43.1 Å². The highest BCUT2D eigenvalue weighted by atomic mass is 32.2. The molecule has 32 heavy (non-hydrogen) atoms. The number of carbonyl (C=O) groups excluding carboxylic acids is 1. The number of fused-ring (bicyclic) bond motifs is 1. The van der Waals surface area contributed by atoms with Gasteiger partial charge in [0, 0.05) is 13.1 Å². The summed E-state index contributed by atoms with van der Waals surface area (Å²) in [5.41, 5.74) is 1.86. The van der Waals surface area contributed by atoms with Crippen LogP contribution in [0.15, 0.2) is 30.6 Å². The van der Waals surface area contributed by atoms with E-state index in [1.165, 1.54) is 17.7 Å². The van der Waals surface area contributed by atoms with Crippen LogP contribution in [0.3, 0.4) is 0 Å². The highest BCUT2D eigenvalue weighted by Gasteiger charge is 2.28. The SMILES string of the molecule is COc1ccccc1CCNC(=O)c1sc2ncnc(NC[C@@H]3CCS(=O)(=O)C3)c2c1C. The summed E-state index contributed by atoms with van der Waals surface area (Å²) in [5, 5.41) is 7.08. The summed E-state index contributed by atoms with van der Waals surface area (Å²) in [5.74, 6) is 1.82. The number of hydrogen-bond donors (Lipinski definition) is 2. The van der Waals surface area contributed by atoms with Crippen molar-refractivity contribution in [3.8, 4) is 5.75 Å². The number of benzene rings is 1. The monoisotopic (exact) mass is 474 g/mol. The summed E-state index contributed by atoms with van der Waals surface area (Å²) in [6, 6.07) is 7.75. The molecule has 8 nitrogen and oxygen atoms in total. The van der Waals surface area contributed by atoms with E-state index in [1.807, 2.05) is 31.2 Å². The van der Waals surface area contributed by atoms with Gasteiger partial charge >= 0.3 is 0 Å². The third-order valence-corrected chi connectivity index (χ3v) is 8.73. The summed E-state index contributed by atoms with van der Waals surface area (Å²) in [7, 11) is -1.29. The van der Waals surface area contributed by atoms with E-state index in [4.69, 9.17) is 4.74 Å². The van der Waals surface area contributed by atoms with E-state index in [-0.39, 0.29) is 23.3 Å². The number of anilines is 1. The average molecular weight is 475 g/mol. The third kappa shape index (κ3) is 4.86. The molecule has 170 valence electrons. The molecule has 2 aromatic heterocycles. The number of thiophene rings is 1. The van der Waals surface area contributed by atoms with E-state index in [0.29, 0.717) is 36.6 Å². The standard InChI is InChI=1S/C22H26N4O4S2/c1-14-18-20(24-11-15-8-10-32(28,29)12-15)25-13-26-22(18)31-19(14)21(27)23-9-7-16-5-3-4-6-17(16)30-2/h3-6,13,15H,7-12H2,1-2H3,(H,23,27)(H,24,25,26)/t15-/m0/s1. The molecule has 0 unspecified atom stereocenters. The second kappa shape index (κ2) is 9.41. The molecule has 0 spiro atoms. The average Bonchev–Trinajstić information content (AvgIpc) is 3.31. The number of nitrogens with one attached hydrogen (secondary N) is 2. The molecule has 1 aliphatic rings. The number of nitrogens with zero attached hydrogens (tertiary/aromatic N) is 2. The van der Waals surface area contributed by atoms with Crippen molar-refractivity contribution in [2.45, 2.75) is 19.8 Å². The van der Waals surface area contributed by atoms with Crippen molar-refractivity contribution in [1.29, 1.82) is 0 Å². The summed E-state index contributed by atoms with van der Waals surface area (Å²) >= 11 is 1.33. The normalized spacial score (nSPS) is 17.4. The van der Waals surface area contributed by atoms with Gasteiger partial charge in [0.1, 0.15) is 22.7 Å². The van der Waals surface area contributed by atoms with Gasteiger partial charge in [-0.15, -0.1) is 11.3 Å². The largest absolute Gasteiger partial charge is 0.496 e. The Labute approximate surface area is 191 Å². The Bertz CT molecular complexity index is 1240. The van der Waals surface area contributed by atoms with Crippen LogP contribution in [0.2, 0.25) is 0 Å². The molecular formula is C22H26N4O4S2. The fourth-order valence-electron chi connectivity index (χ4n) is 4.00. The lowest BCUT2D eigenvalue weighted by molar-refractivity contribution is 0.0957. The van der Waals surface area contributed by atoms with Crippen LogP contribution in [-0.4, -0.2) is 56.0 Å².